The first kappa shape index (κ1) is 21.2. The predicted octanol–water partition coefficient (Wildman–Crippen LogP) is 4.31. The summed E-state index contributed by atoms with van der Waals surface area (Å²) < 4.78 is 32.1. The number of carbonyl (C=O) groups excluding carboxylic acids is 1. The van der Waals surface area contributed by atoms with E-state index in [4.69, 9.17) is 39.5 Å². The number of halogens is 3. The van der Waals surface area contributed by atoms with Gasteiger partial charge in [-0.1, -0.05) is 34.8 Å². The van der Waals surface area contributed by atoms with Crippen LogP contribution in [0.25, 0.3) is 0 Å². The summed E-state index contributed by atoms with van der Waals surface area (Å²) >= 11 is 18.0. The summed E-state index contributed by atoms with van der Waals surface area (Å²) in [5.74, 6) is 0. The Bertz CT molecular complexity index is 995. The van der Waals surface area contributed by atoms with Gasteiger partial charge in [-0.05, 0) is 36.4 Å². The second kappa shape index (κ2) is 8.86. The van der Waals surface area contributed by atoms with Crippen molar-refractivity contribution in [1.82, 2.24) is 4.31 Å². The quantitative estimate of drug-likeness (QED) is 0.706. The van der Waals surface area contributed by atoms with Gasteiger partial charge in [0.2, 0.25) is 10.0 Å². The van der Waals surface area contributed by atoms with Gasteiger partial charge in [0.15, 0.2) is 0 Å². The van der Waals surface area contributed by atoms with E-state index in [2.05, 4.69) is 10.6 Å². The number of amides is 2. The summed E-state index contributed by atoms with van der Waals surface area (Å²) in [6.45, 7) is 1.20. The Morgan fingerprint density at radius 2 is 1.50 bits per heavy atom. The molecule has 1 aliphatic heterocycles. The van der Waals surface area contributed by atoms with Crippen molar-refractivity contribution in [2.45, 2.75) is 4.90 Å². The standard InChI is InChI=1S/C17H16Cl3N3O4S/c18-11-1-3-13(19)15(9-11)21-17(24)22-16-10-12(2-4-14(16)20)28(25,26)23-5-7-27-8-6-23/h1-4,9-10H,5-8H2,(H2,21,22,24). The van der Waals surface area contributed by atoms with Crippen molar-refractivity contribution in [2.75, 3.05) is 36.9 Å². The minimum absolute atomic E-state index is 0.0230. The Hall–Kier alpha value is -1.55. The molecule has 7 nitrogen and oxygen atoms in total. The van der Waals surface area contributed by atoms with E-state index in [1.165, 1.54) is 28.6 Å². The molecule has 1 fully saturated rings. The summed E-state index contributed by atoms with van der Waals surface area (Å²) in [7, 11) is -3.72. The predicted molar refractivity (Wildman–Crippen MR) is 110 cm³/mol. The fourth-order valence-corrected chi connectivity index (χ4v) is 4.50. The summed E-state index contributed by atoms with van der Waals surface area (Å²) in [5.41, 5.74) is 0.450. The van der Waals surface area contributed by atoms with Gasteiger partial charge < -0.3 is 15.4 Å². The van der Waals surface area contributed by atoms with Crippen LogP contribution in [-0.4, -0.2) is 45.1 Å². The molecule has 1 heterocycles. The van der Waals surface area contributed by atoms with Gasteiger partial charge in [-0.2, -0.15) is 4.31 Å². The summed E-state index contributed by atoms with van der Waals surface area (Å²) in [6, 6.07) is 8.09. The third-order valence-corrected chi connectivity index (χ3v) is 6.76. The number of nitrogens with one attached hydrogen (secondary N) is 2. The number of benzene rings is 2. The maximum Gasteiger partial charge on any atom is 0.323 e. The first-order valence-electron chi connectivity index (χ1n) is 8.18. The molecule has 0 saturated carbocycles. The molecule has 0 bridgehead atoms. The maximum absolute atomic E-state index is 12.8. The van der Waals surface area contributed by atoms with Crippen LogP contribution in [0.5, 0.6) is 0 Å². The molecule has 0 aliphatic carbocycles. The normalized spacial score (nSPS) is 15.2. The molecular weight excluding hydrogens is 449 g/mol. The van der Waals surface area contributed by atoms with Gasteiger partial charge in [0, 0.05) is 18.1 Å². The van der Waals surface area contributed by atoms with Crippen molar-refractivity contribution in [1.29, 1.82) is 0 Å². The molecular formula is C17H16Cl3N3O4S. The molecule has 3 rings (SSSR count). The molecule has 2 amide bonds. The second-order valence-electron chi connectivity index (χ2n) is 5.86. The lowest BCUT2D eigenvalue weighted by Gasteiger charge is -2.26. The zero-order valence-corrected chi connectivity index (χ0v) is 17.5. The molecule has 1 aliphatic rings. The Morgan fingerprint density at radius 1 is 0.929 bits per heavy atom. The van der Waals surface area contributed by atoms with Crippen LogP contribution in [0.15, 0.2) is 41.3 Å². The zero-order chi connectivity index (χ0) is 20.3. The first-order chi connectivity index (χ1) is 13.3. The molecule has 0 aromatic heterocycles. The molecule has 0 radical (unpaired) electrons. The van der Waals surface area contributed by atoms with Crippen LogP contribution in [-0.2, 0) is 14.8 Å². The van der Waals surface area contributed by atoms with Crippen LogP contribution in [0.2, 0.25) is 15.1 Å². The van der Waals surface area contributed by atoms with E-state index >= 15 is 0 Å². The summed E-state index contributed by atoms with van der Waals surface area (Å²) in [5, 5.41) is 5.96. The molecule has 0 unspecified atom stereocenters. The minimum atomic E-state index is -3.72. The maximum atomic E-state index is 12.8. The average Bonchev–Trinajstić information content (AvgIpc) is 2.67. The number of morpholine rings is 1. The molecule has 0 atom stereocenters. The number of anilines is 2. The van der Waals surface area contributed by atoms with Crippen molar-refractivity contribution in [3.8, 4) is 0 Å². The van der Waals surface area contributed by atoms with Crippen molar-refractivity contribution >= 4 is 62.2 Å². The molecule has 1 saturated heterocycles. The van der Waals surface area contributed by atoms with Crippen molar-refractivity contribution in [3.05, 3.63) is 51.5 Å². The van der Waals surface area contributed by atoms with Crippen LogP contribution in [0.4, 0.5) is 16.2 Å². The number of ether oxygens (including phenoxy) is 1. The lowest BCUT2D eigenvalue weighted by Crippen LogP contribution is -2.40. The van der Waals surface area contributed by atoms with Crippen LogP contribution in [0.3, 0.4) is 0 Å². The molecule has 2 N–H and O–H groups in total. The molecule has 2 aromatic rings. The number of rotatable bonds is 4. The third kappa shape index (κ3) is 4.89. The van der Waals surface area contributed by atoms with Gasteiger partial charge in [-0.15, -0.1) is 0 Å². The number of hydrogen-bond donors (Lipinski definition) is 2. The Morgan fingerprint density at radius 3 is 2.14 bits per heavy atom. The van der Waals surface area contributed by atoms with E-state index in [-0.39, 0.29) is 28.7 Å². The van der Waals surface area contributed by atoms with E-state index in [9.17, 15) is 13.2 Å². The monoisotopic (exact) mass is 463 g/mol. The zero-order valence-electron chi connectivity index (χ0n) is 14.4. The largest absolute Gasteiger partial charge is 0.379 e. The molecule has 2 aromatic carbocycles. The van der Waals surface area contributed by atoms with Gasteiger partial charge in [0.25, 0.3) is 0 Å². The van der Waals surface area contributed by atoms with Gasteiger partial charge in [0.05, 0.1) is 39.5 Å². The van der Waals surface area contributed by atoms with Gasteiger partial charge in [0.1, 0.15) is 0 Å². The summed E-state index contributed by atoms with van der Waals surface area (Å²) in [4.78, 5) is 12.3. The van der Waals surface area contributed by atoms with Crippen LogP contribution >= 0.6 is 34.8 Å². The van der Waals surface area contributed by atoms with Gasteiger partial charge in [-0.3, -0.25) is 0 Å². The SMILES string of the molecule is O=C(Nc1cc(Cl)ccc1Cl)Nc1cc(S(=O)(=O)N2CCOCC2)ccc1Cl. The molecule has 11 heteroatoms. The Balaban J connectivity index is 1.79. The fourth-order valence-electron chi connectivity index (χ4n) is 2.57. The third-order valence-electron chi connectivity index (χ3n) is 3.97. The highest BCUT2D eigenvalue weighted by atomic mass is 35.5. The van der Waals surface area contributed by atoms with E-state index in [0.29, 0.717) is 28.9 Å². The number of hydrogen-bond acceptors (Lipinski definition) is 4. The van der Waals surface area contributed by atoms with Crippen molar-refractivity contribution < 1.29 is 17.9 Å². The highest BCUT2D eigenvalue weighted by Gasteiger charge is 2.27. The highest BCUT2D eigenvalue weighted by Crippen LogP contribution is 2.29. The fraction of sp³-hybridized carbons (Fsp3) is 0.235. The van der Waals surface area contributed by atoms with E-state index in [1.54, 1.807) is 12.1 Å². The number of sulfonamides is 1. The van der Waals surface area contributed by atoms with Crippen LogP contribution < -0.4 is 10.6 Å². The average molecular weight is 465 g/mol. The summed E-state index contributed by atoms with van der Waals surface area (Å²) in [6.07, 6.45) is 0. The van der Waals surface area contributed by atoms with Crippen LogP contribution in [0.1, 0.15) is 0 Å². The first-order valence-corrected chi connectivity index (χ1v) is 10.8. The number of carbonyl (C=O) groups is 1. The lowest BCUT2D eigenvalue weighted by atomic mass is 10.3. The minimum Gasteiger partial charge on any atom is -0.379 e. The molecule has 28 heavy (non-hydrogen) atoms. The molecule has 150 valence electrons. The van der Waals surface area contributed by atoms with E-state index in [0.717, 1.165) is 0 Å². The van der Waals surface area contributed by atoms with E-state index in [1.807, 2.05) is 0 Å². The topological polar surface area (TPSA) is 87.7 Å². The van der Waals surface area contributed by atoms with Crippen LogP contribution in [0, 0.1) is 0 Å². The lowest BCUT2D eigenvalue weighted by molar-refractivity contribution is 0.0730. The Labute approximate surface area is 177 Å². The number of nitrogens with zero attached hydrogens (tertiary/aromatic N) is 1. The smallest absolute Gasteiger partial charge is 0.323 e. The van der Waals surface area contributed by atoms with Crippen molar-refractivity contribution in [3.63, 3.8) is 0 Å². The van der Waals surface area contributed by atoms with Crippen molar-refractivity contribution in [2.24, 2.45) is 0 Å². The van der Waals surface area contributed by atoms with Gasteiger partial charge in [-0.25, -0.2) is 13.2 Å². The molecule has 0 spiro atoms. The van der Waals surface area contributed by atoms with E-state index < -0.39 is 16.1 Å². The second-order valence-corrected chi connectivity index (χ2v) is 9.05. The Kier molecular flexibility index (Phi) is 6.69. The number of urea groups is 1. The van der Waals surface area contributed by atoms with Gasteiger partial charge >= 0.3 is 6.03 Å². The highest BCUT2D eigenvalue weighted by molar-refractivity contribution is 7.89.